The molecule has 0 heterocycles. The molecule has 0 saturated carbocycles. The van der Waals surface area contributed by atoms with Gasteiger partial charge in [0.15, 0.2) is 0 Å². The van der Waals surface area contributed by atoms with Crippen LogP contribution >= 0.6 is 0 Å². The van der Waals surface area contributed by atoms with Crippen molar-refractivity contribution >= 4 is 5.91 Å². The molecule has 0 bridgehead atoms. The van der Waals surface area contributed by atoms with Crippen LogP contribution in [-0.4, -0.2) is 41.5 Å². The molecule has 0 rings (SSSR count). The minimum atomic E-state index is -0.177. The summed E-state index contributed by atoms with van der Waals surface area (Å²) in [5, 5.41) is 2.96. The number of likely N-dealkylation sites (N-methyl/N-ethyl adjacent to an activating group) is 1. The second kappa shape index (κ2) is 5.64. The molecule has 4 heteroatoms. The zero-order valence-electron chi connectivity index (χ0n) is 11.6. The first kappa shape index (κ1) is 15.4. The smallest absolute Gasteiger partial charge is 0.234 e. The van der Waals surface area contributed by atoms with E-state index >= 15 is 0 Å². The molecule has 0 aromatic rings. The zero-order valence-corrected chi connectivity index (χ0v) is 11.6. The highest BCUT2D eigenvalue weighted by atomic mass is 16.2. The van der Waals surface area contributed by atoms with E-state index in [4.69, 9.17) is 5.73 Å². The number of amides is 1. The van der Waals surface area contributed by atoms with Crippen molar-refractivity contribution in [3.8, 4) is 0 Å². The van der Waals surface area contributed by atoms with Crippen molar-refractivity contribution in [2.45, 2.75) is 52.6 Å². The third kappa shape index (κ3) is 5.47. The minimum Gasteiger partial charge on any atom is -0.350 e. The van der Waals surface area contributed by atoms with Crippen molar-refractivity contribution in [3.05, 3.63) is 0 Å². The molecule has 0 unspecified atom stereocenters. The van der Waals surface area contributed by atoms with Gasteiger partial charge in [-0.05, 0) is 41.2 Å². The number of carbonyl (C=O) groups excluding carboxylic acids is 1. The lowest BCUT2D eigenvalue weighted by atomic mass is 10.0. The maximum atomic E-state index is 11.8. The zero-order chi connectivity index (χ0) is 13.0. The summed E-state index contributed by atoms with van der Waals surface area (Å²) in [7, 11) is 0. The molecule has 0 aliphatic carbocycles. The molecule has 96 valence electrons. The lowest BCUT2D eigenvalue weighted by Gasteiger charge is -2.37. The summed E-state index contributed by atoms with van der Waals surface area (Å²) in [6, 6.07) is 0. The molecule has 0 aliphatic rings. The highest BCUT2D eigenvalue weighted by Crippen LogP contribution is 2.11. The van der Waals surface area contributed by atoms with Crippen LogP contribution in [0.4, 0.5) is 0 Å². The normalized spacial score (nSPS) is 13.0. The van der Waals surface area contributed by atoms with Gasteiger partial charge in [0.25, 0.3) is 0 Å². The van der Waals surface area contributed by atoms with Gasteiger partial charge < -0.3 is 11.1 Å². The van der Waals surface area contributed by atoms with Crippen LogP contribution in [0.5, 0.6) is 0 Å². The number of carbonyl (C=O) groups is 1. The van der Waals surface area contributed by atoms with Gasteiger partial charge in [-0.15, -0.1) is 0 Å². The van der Waals surface area contributed by atoms with Gasteiger partial charge in [0.05, 0.1) is 6.54 Å². The fourth-order valence-corrected chi connectivity index (χ4v) is 1.51. The highest BCUT2D eigenvalue weighted by Gasteiger charge is 2.26. The van der Waals surface area contributed by atoms with Gasteiger partial charge in [-0.25, -0.2) is 0 Å². The fourth-order valence-electron chi connectivity index (χ4n) is 1.51. The monoisotopic (exact) mass is 229 g/mol. The molecule has 1 amide bonds. The first-order chi connectivity index (χ1) is 7.12. The van der Waals surface area contributed by atoms with E-state index < -0.39 is 0 Å². The largest absolute Gasteiger partial charge is 0.350 e. The lowest BCUT2D eigenvalue weighted by molar-refractivity contribution is -0.124. The first-order valence-corrected chi connectivity index (χ1v) is 5.88. The molecular formula is C12H27N3O. The third-order valence-corrected chi connectivity index (χ3v) is 2.59. The summed E-state index contributed by atoms with van der Waals surface area (Å²) in [6.45, 7) is 13.9. The second-order valence-corrected chi connectivity index (χ2v) is 5.83. The average Bonchev–Trinajstić information content (AvgIpc) is 2.11. The summed E-state index contributed by atoms with van der Waals surface area (Å²) in [4.78, 5) is 13.9. The van der Waals surface area contributed by atoms with Gasteiger partial charge >= 0.3 is 0 Å². The Morgan fingerprint density at radius 2 is 1.75 bits per heavy atom. The van der Waals surface area contributed by atoms with Crippen molar-refractivity contribution in [1.29, 1.82) is 0 Å². The van der Waals surface area contributed by atoms with Crippen LogP contribution in [-0.2, 0) is 4.79 Å². The number of nitrogens with zero attached hydrogens (tertiary/aromatic N) is 1. The number of rotatable bonds is 5. The predicted octanol–water partition coefficient (Wildman–Crippen LogP) is 0.960. The Bertz CT molecular complexity index is 231. The Labute approximate surface area is 99.6 Å². The summed E-state index contributed by atoms with van der Waals surface area (Å²) in [5.74, 6) is 0.0517. The number of nitrogens with one attached hydrogen (secondary N) is 1. The SMILES string of the molecule is CCN(CC(=O)NC(C)(C)C)C(C)(C)CN. The Hall–Kier alpha value is -0.610. The van der Waals surface area contributed by atoms with Crippen molar-refractivity contribution < 1.29 is 4.79 Å². The van der Waals surface area contributed by atoms with Gasteiger partial charge in [0.2, 0.25) is 5.91 Å². The van der Waals surface area contributed by atoms with Crippen molar-refractivity contribution in [2.75, 3.05) is 19.6 Å². The summed E-state index contributed by atoms with van der Waals surface area (Å²) in [6.07, 6.45) is 0. The maximum absolute atomic E-state index is 11.8. The Balaban J connectivity index is 4.40. The van der Waals surface area contributed by atoms with Crippen molar-refractivity contribution in [3.63, 3.8) is 0 Å². The van der Waals surface area contributed by atoms with E-state index in [0.717, 1.165) is 6.54 Å². The number of nitrogens with two attached hydrogens (primary N) is 1. The lowest BCUT2D eigenvalue weighted by Crippen LogP contribution is -2.54. The summed E-state index contributed by atoms with van der Waals surface area (Å²) in [5.41, 5.74) is 5.40. The Morgan fingerprint density at radius 3 is 2.06 bits per heavy atom. The summed E-state index contributed by atoms with van der Waals surface area (Å²) < 4.78 is 0. The molecule has 0 aromatic heterocycles. The molecule has 0 aliphatic heterocycles. The van der Waals surface area contributed by atoms with Gasteiger partial charge in [0.1, 0.15) is 0 Å². The van der Waals surface area contributed by atoms with Gasteiger partial charge in [-0.1, -0.05) is 6.92 Å². The van der Waals surface area contributed by atoms with E-state index in [9.17, 15) is 4.79 Å². The quantitative estimate of drug-likeness (QED) is 0.738. The van der Waals surface area contributed by atoms with Crippen molar-refractivity contribution in [1.82, 2.24) is 10.2 Å². The number of hydrogen-bond acceptors (Lipinski definition) is 3. The average molecular weight is 229 g/mol. The van der Waals surface area contributed by atoms with Gasteiger partial charge in [-0.2, -0.15) is 0 Å². The van der Waals surface area contributed by atoms with Crippen LogP contribution in [0.3, 0.4) is 0 Å². The van der Waals surface area contributed by atoms with Crippen LogP contribution < -0.4 is 11.1 Å². The Morgan fingerprint density at radius 1 is 1.25 bits per heavy atom. The van der Waals surface area contributed by atoms with Crippen LogP contribution in [0.15, 0.2) is 0 Å². The van der Waals surface area contributed by atoms with Crippen LogP contribution in [0.1, 0.15) is 41.5 Å². The van der Waals surface area contributed by atoms with E-state index in [2.05, 4.69) is 24.1 Å². The molecule has 0 radical (unpaired) electrons. The molecular weight excluding hydrogens is 202 g/mol. The molecule has 16 heavy (non-hydrogen) atoms. The van der Waals surface area contributed by atoms with Gasteiger partial charge in [0, 0.05) is 17.6 Å². The van der Waals surface area contributed by atoms with E-state index in [1.54, 1.807) is 0 Å². The topological polar surface area (TPSA) is 58.4 Å². The molecule has 4 nitrogen and oxygen atoms in total. The van der Waals surface area contributed by atoms with Gasteiger partial charge in [-0.3, -0.25) is 9.69 Å². The number of hydrogen-bond donors (Lipinski definition) is 2. The second-order valence-electron chi connectivity index (χ2n) is 5.83. The molecule has 0 atom stereocenters. The third-order valence-electron chi connectivity index (χ3n) is 2.59. The maximum Gasteiger partial charge on any atom is 0.234 e. The van der Waals surface area contributed by atoms with E-state index in [1.807, 2.05) is 27.7 Å². The van der Waals surface area contributed by atoms with Crippen LogP contribution in [0.2, 0.25) is 0 Å². The van der Waals surface area contributed by atoms with E-state index in [0.29, 0.717) is 13.1 Å². The van der Waals surface area contributed by atoms with E-state index in [-0.39, 0.29) is 17.0 Å². The molecule has 0 saturated heterocycles. The standard InChI is InChI=1S/C12H27N3O/c1-7-15(12(5,6)9-13)8-10(16)14-11(2,3)4/h7-9,13H2,1-6H3,(H,14,16). The van der Waals surface area contributed by atoms with Crippen LogP contribution in [0.25, 0.3) is 0 Å². The van der Waals surface area contributed by atoms with E-state index in [1.165, 1.54) is 0 Å². The Kier molecular flexibility index (Phi) is 5.42. The molecule has 3 N–H and O–H groups in total. The summed E-state index contributed by atoms with van der Waals surface area (Å²) >= 11 is 0. The van der Waals surface area contributed by atoms with Crippen LogP contribution in [0, 0.1) is 0 Å². The first-order valence-electron chi connectivity index (χ1n) is 5.88. The molecule has 0 spiro atoms. The highest BCUT2D eigenvalue weighted by molar-refractivity contribution is 5.78. The fraction of sp³-hybridized carbons (Fsp3) is 0.917. The molecule has 0 fully saturated rings. The van der Waals surface area contributed by atoms with Crippen molar-refractivity contribution in [2.24, 2.45) is 5.73 Å². The predicted molar refractivity (Wildman–Crippen MR) is 68.3 cm³/mol. The minimum absolute atomic E-state index is 0.0517. The molecule has 0 aromatic carbocycles.